The van der Waals surface area contributed by atoms with Crippen molar-refractivity contribution >= 4 is 35.1 Å². The van der Waals surface area contributed by atoms with Crippen LogP contribution in [0, 0.1) is 23.1 Å². The van der Waals surface area contributed by atoms with Gasteiger partial charge in [-0.25, -0.2) is 23.9 Å². The van der Waals surface area contributed by atoms with Crippen LogP contribution in [0.2, 0.25) is 0 Å². The zero-order valence-corrected chi connectivity index (χ0v) is 26.9. The normalized spacial score (nSPS) is 23.8. The molecule has 1 saturated heterocycles. The molecule has 2 fully saturated rings. The number of ether oxygens (including phenoxy) is 3. The Kier molecular flexibility index (Phi) is 10.8. The minimum absolute atomic E-state index is 0.0207. The first-order valence-corrected chi connectivity index (χ1v) is 15.6. The van der Waals surface area contributed by atoms with Crippen LogP contribution < -0.4 is 10.1 Å². The van der Waals surface area contributed by atoms with Crippen LogP contribution in [0.5, 0.6) is 5.88 Å². The van der Waals surface area contributed by atoms with E-state index in [0.717, 1.165) is 32.1 Å². The maximum Gasteiger partial charge on any atom is 0.408 e. The van der Waals surface area contributed by atoms with Gasteiger partial charge in [-0.05, 0) is 67.6 Å². The quantitative estimate of drug-likeness (QED) is 0.188. The Labute approximate surface area is 264 Å². The van der Waals surface area contributed by atoms with Gasteiger partial charge in [0.2, 0.25) is 11.8 Å². The van der Waals surface area contributed by atoms with E-state index in [1.165, 1.54) is 36.3 Å². The molecule has 2 amide bonds. The van der Waals surface area contributed by atoms with Crippen LogP contribution in [0.1, 0.15) is 71.9 Å². The summed E-state index contributed by atoms with van der Waals surface area (Å²) < 4.78 is 31.0. The molecule has 45 heavy (non-hydrogen) atoms. The maximum atomic E-state index is 14.1. The molecule has 1 aliphatic carbocycles. The van der Waals surface area contributed by atoms with Gasteiger partial charge in [0.25, 0.3) is 0 Å². The second-order valence-electron chi connectivity index (χ2n) is 13.2. The number of nitrogens with one attached hydrogen (secondary N) is 1. The lowest BCUT2D eigenvalue weighted by Gasteiger charge is -2.35. The number of methoxy groups -OCH3 is 1. The summed E-state index contributed by atoms with van der Waals surface area (Å²) in [6.45, 7) is 15.3. The van der Waals surface area contributed by atoms with Crippen molar-refractivity contribution in [2.24, 2.45) is 17.3 Å². The van der Waals surface area contributed by atoms with Crippen molar-refractivity contribution in [2.45, 2.75) is 90.5 Å². The van der Waals surface area contributed by atoms with E-state index >= 15 is 0 Å². The second kappa shape index (κ2) is 14.4. The van der Waals surface area contributed by atoms with Crippen LogP contribution in [0.15, 0.2) is 37.4 Å². The number of carbonyl (C=O) groups excluding carboxylic acids is 3. The Morgan fingerprint density at radius 1 is 1.16 bits per heavy atom. The Hall–Kier alpha value is -4.02. The van der Waals surface area contributed by atoms with Crippen molar-refractivity contribution in [3.8, 4) is 5.88 Å². The van der Waals surface area contributed by atoms with E-state index < -0.39 is 47.4 Å². The lowest BCUT2D eigenvalue weighted by molar-refractivity contribution is -0.152. The van der Waals surface area contributed by atoms with E-state index in [2.05, 4.69) is 35.4 Å². The molecule has 1 aromatic heterocycles. The van der Waals surface area contributed by atoms with Gasteiger partial charge in [0.1, 0.15) is 35.8 Å². The summed E-state index contributed by atoms with van der Waals surface area (Å²) in [7, 11) is 1.25. The topological polar surface area (TPSA) is 120 Å². The summed E-state index contributed by atoms with van der Waals surface area (Å²) in [4.78, 5) is 50.5. The van der Waals surface area contributed by atoms with Crippen molar-refractivity contribution in [3.63, 3.8) is 0 Å². The number of allylic oxidation sites excluding steroid dienone is 1. The number of unbranched alkanes of at least 4 members (excludes halogenated alkanes) is 1. The SMILES string of the molecule is C=CCCC[C@@H]1C[C@@H](C)C[C@H]1OC(=O)N[C@H](C(=O)N1C[C@H](Oc2nc3cc(F)ccc3nc2C=C)C[C@H]1C(=O)OC)C(C)(C)C. The number of fused-ring (bicyclic) bond motifs is 1. The standard InChI is InChI=1S/C34H45FN4O6/c1-8-10-11-12-21-15-20(3)16-28(21)45-33(42)38-29(34(4,5)6)31(40)39-19-23(18-27(39)32(41)43-7)44-30-24(9-2)36-25-14-13-22(35)17-26(25)37-30/h8-9,13-14,17,20-21,23,27-29H,1-2,10-12,15-16,18-19H2,3-7H3,(H,38,42)/t20-,21-,23-,27+,28-,29-/m1/s1. The van der Waals surface area contributed by atoms with Gasteiger partial charge >= 0.3 is 12.1 Å². The van der Waals surface area contributed by atoms with Gasteiger partial charge in [0.05, 0.1) is 24.7 Å². The van der Waals surface area contributed by atoms with Crippen molar-refractivity contribution in [1.82, 2.24) is 20.2 Å². The van der Waals surface area contributed by atoms with E-state index in [1.807, 2.05) is 26.8 Å². The summed E-state index contributed by atoms with van der Waals surface area (Å²) in [5.74, 6) is -0.742. The minimum Gasteiger partial charge on any atom is -0.471 e. The predicted octanol–water partition coefficient (Wildman–Crippen LogP) is 5.85. The highest BCUT2D eigenvalue weighted by atomic mass is 19.1. The number of rotatable bonds is 11. The molecule has 2 aromatic rings. The fourth-order valence-electron chi connectivity index (χ4n) is 6.32. The number of hydrogen-bond donors (Lipinski definition) is 1. The molecule has 6 atom stereocenters. The summed E-state index contributed by atoms with van der Waals surface area (Å²) in [5, 5.41) is 2.82. The van der Waals surface area contributed by atoms with Crippen molar-refractivity contribution in [1.29, 1.82) is 0 Å². The highest BCUT2D eigenvalue weighted by molar-refractivity contribution is 5.91. The van der Waals surface area contributed by atoms with Crippen molar-refractivity contribution in [2.75, 3.05) is 13.7 Å². The van der Waals surface area contributed by atoms with Gasteiger partial charge in [-0.15, -0.1) is 6.58 Å². The molecule has 0 radical (unpaired) electrons. The molecular weight excluding hydrogens is 579 g/mol. The van der Waals surface area contributed by atoms with Crippen LogP contribution in [0.4, 0.5) is 9.18 Å². The van der Waals surface area contributed by atoms with E-state index in [1.54, 1.807) is 0 Å². The van der Waals surface area contributed by atoms with Gasteiger partial charge in [0, 0.05) is 12.5 Å². The van der Waals surface area contributed by atoms with Crippen LogP contribution in [-0.2, 0) is 19.1 Å². The number of esters is 1. The average molecular weight is 625 g/mol. The summed E-state index contributed by atoms with van der Waals surface area (Å²) in [5.41, 5.74) is 0.387. The molecule has 1 N–H and O–H groups in total. The third-order valence-electron chi connectivity index (χ3n) is 8.59. The average Bonchev–Trinajstić information content (AvgIpc) is 3.56. The molecule has 1 aromatic carbocycles. The van der Waals surface area contributed by atoms with Crippen molar-refractivity contribution < 1.29 is 33.0 Å². The zero-order valence-electron chi connectivity index (χ0n) is 26.9. The molecule has 4 rings (SSSR count). The smallest absolute Gasteiger partial charge is 0.408 e. The second-order valence-corrected chi connectivity index (χ2v) is 13.2. The van der Waals surface area contributed by atoms with Gasteiger partial charge < -0.3 is 24.4 Å². The maximum absolute atomic E-state index is 14.1. The summed E-state index contributed by atoms with van der Waals surface area (Å²) >= 11 is 0. The van der Waals surface area contributed by atoms with Gasteiger partial charge in [-0.2, -0.15) is 0 Å². The van der Waals surface area contributed by atoms with Crippen LogP contribution in [-0.4, -0.2) is 70.8 Å². The highest BCUT2D eigenvalue weighted by Gasteiger charge is 2.47. The Morgan fingerprint density at radius 2 is 1.91 bits per heavy atom. The Morgan fingerprint density at radius 3 is 2.58 bits per heavy atom. The number of halogens is 1. The van der Waals surface area contributed by atoms with Crippen LogP contribution in [0.3, 0.4) is 0 Å². The van der Waals surface area contributed by atoms with E-state index in [9.17, 15) is 18.8 Å². The predicted molar refractivity (Wildman–Crippen MR) is 169 cm³/mol. The first-order valence-electron chi connectivity index (χ1n) is 15.6. The molecule has 0 unspecified atom stereocenters. The lowest BCUT2D eigenvalue weighted by atomic mass is 9.85. The molecule has 244 valence electrons. The van der Waals surface area contributed by atoms with Gasteiger partial charge in [-0.3, -0.25) is 4.79 Å². The zero-order chi connectivity index (χ0) is 32.9. The largest absolute Gasteiger partial charge is 0.471 e. The number of hydrogen-bond acceptors (Lipinski definition) is 8. The van der Waals surface area contributed by atoms with E-state index in [-0.39, 0.29) is 30.9 Å². The molecule has 1 aliphatic heterocycles. The molecule has 2 aliphatic rings. The number of amides is 2. The fourth-order valence-corrected chi connectivity index (χ4v) is 6.32. The van der Waals surface area contributed by atoms with E-state index in [0.29, 0.717) is 22.6 Å². The highest BCUT2D eigenvalue weighted by Crippen LogP contribution is 2.37. The number of carbonyl (C=O) groups is 3. The van der Waals surface area contributed by atoms with E-state index in [4.69, 9.17) is 14.2 Å². The lowest BCUT2D eigenvalue weighted by Crippen LogP contribution is -2.57. The van der Waals surface area contributed by atoms with Crippen LogP contribution >= 0.6 is 0 Å². The number of benzene rings is 1. The number of aromatic nitrogens is 2. The molecule has 0 spiro atoms. The third kappa shape index (κ3) is 8.18. The molecule has 1 saturated carbocycles. The molecular formula is C34H45FN4O6. The number of nitrogens with zero attached hydrogens (tertiary/aromatic N) is 3. The summed E-state index contributed by atoms with van der Waals surface area (Å²) in [6.07, 6.45) is 6.51. The third-order valence-corrected chi connectivity index (χ3v) is 8.59. The minimum atomic E-state index is -0.999. The molecule has 0 bridgehead atoms. The fraction of sp³-hybridized carbons (Fsp3) is 0.559. The first-order chi connectivity index (χ1) is 21.3. The summed E-state index contributed by atoms with van der Waals surface area (Å²) in [6, 6.07) is 2.09. The molecule has 11 heteroatoms. The first kappa shape index (κ1) is 33.9. The number of alkyl carbamates (subject to hydrolysis) is 1. The van der Waals surface area contributed by atoms with Crippen molar-refractivity contribution in [3.05, 3.63) is 48.9 Å². The molecule has 10 nitrogen and oxygen atoms in total. The molecule has 2 heterocycles. The Balaban J connectivity index is 1.51. The number of likely N-dealkylation sites (tertiary alicyclic amines) is 1. The Bertz CT molecular complexity index is 1430. The monoisotopic (exact) mass is 624 g/mol. The van der Waals surface area contributed by atoms with Gasteiger partial charge in [0.15, 0.2) is 0 Å². The van der Waals surface area contributed by atoms with Gasteiger partial charge in [-0.1, -0.05) is 40.3 Å². The van der Waals surface area contributed by atoms with Crippen LogP contribution in [0.25, 0.3) is 17.1 Å².